The number of halogens is 1. The minimum absolute atomic E-state index is 0.316. The minimum Gasteiger partial charge on any atom is -0.382 e. The van der Waals surface area contributed by atoms with Crippen LogP contribution >= 0.6 is 0 Å². The van der Waals surface area contributed by atoms with Crippen LogP contribution in [0.15, 0.2) is 49.2 Å². The van der Waals surface area contributed by atoms with Crippen molar-refractivity contribution in [1.29, 1.82) is 0 Å². The largest absolute Gasteiger partial charge is 0.382 e. The fourth-order valence-electron chi connectivity index (χ4n) is 3.55. The molecule has 0 atom stereocenters. The summed E-state index contributed by atoms with van der Waals surface area (Å²) in [5.41, 5.74) is 8.84. The van der Waals surface area contributed by atoms with Crippen LogP contribution in [0.3, 0.4) is 0 Å². The van der Waals surface area contributed by atoms with Gasteiger partial charge < -0.3 is 11.1 Å². The van der Waals surface area contributed by atoms with E-state index in [4.69, 9.17) is 5.73 Å². The van der Waals surface area contributed by atoms with Crippen LogP contribution in [0.5, 0.6) is 0 Å². The van der Waals surface area contributed by atoms with Crippen molar-refractivity contribution in [2.45, 2.75) is 31.7 Å². The Morgan fingerprint density at radius 1 is 1.15 bits per heavy atom. The molecular weight excluding hydrogens is 343 g/mol. The van der Waals surface area contributed by atoms with Crippen LogP contribution in [0.2, 0.25) is 0 Å². The van der Waals surface area contributed by atoms with Gasteiger partial charge in [0, 0.05) is 24.3 Å². The molecule has 0 aliphatic heterocycles. The molecule has 3 N–H and O–H groups in total. The molecule has 0 radical (unpaired) electrons. The highest BCUT2D eigenvalue weighted by atomic mass is 19.1. The first-order valence-electron chi connectivity index (χ1n) is 9.30. The summed E-state index contributed by atoms with van der Waals surface area (Å²) >= 11 is 0. The highest BCUT2D eigenvalue weighted by Crippen LogP contribution is 2.28. The Labute approximate surface area is 157 Å². The van der Waals surface area contributed by atoms with Gasteiger partial charge in [0.1, 0.15) is 17.8 Å². The van der Waals surface area contributed by atoms with E-state index in [1.807, 2.05) is 0 Å². The molecule has 140 valence electrons. The fourth-order valence-corrected chi connectivity index (χ4v) is 3.55. The maximum absolute atomic E-state index is 14.0. The molecule has 0 unspecified atom stereocenters. The summed E-state index contributed by atoms with van der Waals surface area (Å²) < 4.78 is 15.5. The smallest absolute Gasteiger partial charge is 0.148 e. The summed E-state index contributed by atoms with van der Waals surface area (Å²) in [5, 5.41) is 7.78. The van der Waals surface area contributed by atoms with Crippen molar-refractivity contribution < 1.29 is 4.39 Å². The summed E-state index contributed by atoms with van der Waals surface area (Å²) in [5.74, 6) is 0.294. The molecule has 1 aliphatic rings. The predicted octanol–water partition coefficient (Wildman–Crippen LogP) is 3.40. The van der Waals surface area contributed by atoms with Gasteiger partial charge in [-0.15, -0.1) is 0 Å². The van der Waals surface area contributed by atoms with E-state index in [0.29, 0.717) is 17.6 Å². The van der Waals surface area contributed by atoms with Gasteiger partial charge in [-0.3, -0.25) is 0 Å². The predicted molar refractivity (Wildman–Crippen MR) is 103 cm³/mol. The van der Waals surface area contributed by atoms with Gasteiger partial charge >= 0.3 is 0 Å². The normalized spacial score (nSPS) is 19.8. The Hall–Kier alpha value is -2.80. The number of nitrogens with zero attached hydrogens (tertiary/aromatic N) is 4. The van der Waals surface area contributed by atoms with Gasteiger partial charge in [-0.1, -0.05) is 12.1 Å². The van der Waals surface area contributed by atoms with Gasteiger partial charge in [0.15, 0.2) is 0 Å². The molecule has 0 bridgehead atoms. The van der Waals surface area contributed by atoms with Crippen LogP contribution in [0, 0.1) is 11.7 Å². The molecule has 1 saturated carbocycles. The topological polar surface area (TPSA) is 81.7 Å². The molecule has 6 nitrogen and oxygen atoms in total. The molecule has 4 rings (SSSR count). The minimum atomic E-state index is -0.316. The van der Waals surface area contributed by atoms with Gasteiger partial charge in [-0.2, -0.15) is 5.10 Å². The van der Waals surface area contributed by atoms with Crippen molar-refractivity contribution in [1.82, 2.24) is 19.7 Å². The zero-order valence-corrected chi connectivity index (χ0v) is 15.1. The third kappa shape index (κ3) is 3.98. The summed E-state index contributed by atoms with van der Waals surface area (Å²) in [4.78, 5) is 8.56. The van der Waals surface area contributed by atoms with Gasteiger partial charge in [0.2, 0.25) is 0 Å². The molecule has 2 heterocycles. The monoisotopic (exact) mass is 366 g/mol. The second kappa shape index (κ2) is 7.84. The summed E-state index contributed by atoms with van der Waals surface area (Å²) in [6.45, 7) is 0.870. The van der Waals surface area contributed by atoms with Gasteiger partial charge in [0.25, 0.3) is 0 Å². The maximum atomic E-state index is 14.0. The van der Waals surface area contributed by atoms with Crippen LogP contribution in [-0.2, 0) is 0 Å². The Morgan fingerprint density at radius 3 is 2.78 bits per heavy atom. The lowest BCUT2D eigenvalue weighted by atomic mass is 9.86. The number of anilines is 1. The number of benzene rings is 1. The lowest BCUT2D eigenvalue weighted by Gasteiger charge is -2.26. The van der Waals surface area contributed by atoms with Crippen LogP contribution in [-0.4, -0.2) is 32.3 Å². The number of nitrogens with one attached hydrogen (secondary N) is 1. The third-order valence-corrected chi connectivity index (χ3v) is 5.14. The van der Waals surface area contributed by atoms with Crippen molar-refractivity contribution >= 4 is 5.69 Å². The van der Waals surface area contributed by atoms with E-state index in [2.05, 4.69) is 20.4 Å². The number of rotatable bonds is 5. The van der Waals surface area contributed by atoms with Crippen molar-refractivity contribution in [2.24, 2.45) is 11.7 Å². The van der Waals surface area contributed by atoms with Crippen LogP contribution in [0.1, 0.15) is 25.7 Å². The molecule has 1 fully saturated rings. The average Bonchev–Trinajstić information content (AvgIpc) is 3.18. The molecule has 1 aromatic carbocycles. The van der Waals surface area contributed by atoms with E-state index in [-0.39, 0.29) is 5.82 Å². The summed E-state index contributed by atoms with van der Waals surface area (Å²) in [7, 11) is 0. The van der Waals surface area contributed by atoms with Gasteiger partial charge in [-0.25, -0.2) is 19.0 Å². The molecule has 7 heteroatoms. The maximum Gasteiger partial charge on any atom is 0.148 e. The molecule has 3 aromatic rings. The van der Waals surface area contributed by atoms with E-state index < -0.39 is 0 Å². The molecule has 0 saturated heterocycles. The lowest BCUT2D eigenvalue weighted by molar-refractivity contribution is 0.339. The SMILES string of the molecule is N[C@H]1CC[C@@H](CNc2cncnc2-c2cnn(-c3ccccc3F)c2)CC1. The van der Waals surface area contributed by atoms with E-state index in [0.717, 1.165) is 49.2 Å². The van der Waals surface area contributed by atoms with E-state index in [1.165, 1.54) is 17.1 Å². The second-order valence-electron chi connectivity index (χ2n) is 7.07. The number of nitrogens with two attached hydrogens (primary N) is 1. The first-order valence-corrected chi connectivity index (χ1v) is 9.30. The average molecular weight is 366 g/mol. The first kappa shape index (κ1) is 17.6. The zero-order valence-electron chi connectivity index (χ0n) is 15.1. The highest BCUT2D eigenvalue weighted by molar-refractivity contribution is 5.72. The summed E-state index contributed by atoms with van der Waals surface area (Å²) in [6.07, 6.45) is 11.2. The van der Waals surface area contributed by atoms with Crippen LogP contribution in [0.25, 0.3) is 16.9 Å². The standard InChI is InChI=1S/C20H23FN6/c21-17-3-1-2-4-19(17)27-12-15(10-26-27)20-18(11-23-13-25-20)24-9-14-5-7-16(22)8-6-14/h1-4,10-14,16,24H,5-9,22H2/t14-,16+. The number of aromatic nitrogens is 4. The van der Waals surface area contributed by atoms with E-state index in [9.17, 15) is 4.39 Å². The second-order valence-corrected chi connectivity index (χ2v) is 7.07. The summed E-state index contributed by atoms with van der Waals surface area (Å²) in [6, 6.07) is 6.91. The Morgan fingerprint density at radius 2 is 1.96 bits per heavy atom. The first-order chi connectivity index (χ1) is 13.2. The van der Waals surface area contributed by atoms with E-state index >= 15 is 0 Å². The molecule has 0 amide bonds. The molecule has 2 aromatic heterocycles. The Kier molecular flexibility index (Phi) is 5.11. The lowest BCUT2D eigenvalue weighted by Crippen LogP contribution is -2.29. The fraction of sp³-hybridized carbons (Fsp3) is 0.350. The van der Waals surface area contributed by atoms with Crippen LogP contribution < -0.4 is 11.1 Å². The third-order valence-electron chi connectivity index (χ3n) is 5.14. The van der Waals surface area contributed by atoms with Crippen molar-refractivity contribution in [3.05, 3.63) is 55.0 Å². The van der Waals surface area contributed by atoms with E-state index in [1.54, 1.807) is 36.8 Å². The molecular formula is C20H23FN6. The van der Waals surface area contributed by atoms with Crippen molar-refractivity contribution in [3.8, 4) is 16.9 Å². The molecule has 27 heavy (non-hydrogen) atoms. The Bertz CT molecular complexity index is 901. The van der Waals surface area contributed by atoms with Crippen molar-refractivity contribution in [2.75, 3.05) is 11.9 Å². The number of para-hydroxylation sites is 1. The number of hydrogen-bond acceptors (Lipinski definition) is 5. The molecule has 0 spiro atoms. The van der Waals surface area contributed by atoms with Crippen LogP contribution in [0.4, 0.5) is 10.1 Å². The highest BCUT2D eigenvalue weighted by Gasteiger charge is 2.19. The van der Waals surface area contributed by atoms with Crippen molar-refractivity contribution in [3.63, 3.8) is 0 Å². The zero-order chi connectivity index (χ0) is 18.6. The quantitative estimate of drug-likeness (QED) is 0.723. The van der Waals surface area contributed by atoms with Gasteiger partial charge in [0.05, 0.1) is 23.8 Å². The molecule has 1 aliphatic carbocycles. The Balaban J connectivity index is 1.52. The number of hydrogen-bond donors (Lipinski definition) is 2. The van der Waals surface area contributed by atoms with Gasteiger partial charge in [-0.05, 0) is 43.7 Å².